The number of hydrogen-bond donors (Lipinski definition) is 2. The number of carbonyl (C=O) groups is 1. The maximum atomic E-state index is 11.1. The summed E-state index contributed by atoms with van der Waals surface area (Å²) >= 11 is 1.26. The van der Waals surface area contributed by atoms with Crippen LogP contribution in [0.5, 0.6) is 0 Å². The van der Waals surface area contributed by atoms with Crippen LogP contribution in [0.15, 0.2) is 5.51 Å². The number of nitrogen functional groups attached to an aromatic ring is 1. The Kier molecular flexibility index (Phi) is 3.01. The summed E-state index contributed by atoms with van der Waals surface area (Å²) in [5.41, 5.74) is 4.14. The van der Waals surface area contributed by atoms with Crippen molar-refractivity contribution in [2.45, 2.75) is 6.92 Å². The molecule has 0 bridgehead atoms. The average molecular weight is 187 g/mol. The van der Waals surface area contributed by atoms with Crippen LogP contribution >= 0.6 is 11.3 Å². The molecule has 66 valence electrons. The molecule has 0 unspecified atom stereocenters. The quantitative estimate of drug-likeness (QED) is 0.412. The molecule has 1 heterocycles. The highest BCUT2D eigenvalue weighted by atomic mass is 32.1. The van der Waals surface area contributed by atoms with Crippen molar-refractivity contribution >= 4 is 22.3 Å². The minimum atomic E-state index is -0.452. The molecule has 0 spiro atoms. The molecule has 12 heavy (non-hydrogen) atoms. The molecular weight excluding hydrogens is 178 g/mol. The van der Waals surface area contributed by atoms with Gasteiger partial charge in [-0.05, 0) is 6.92 Å². The Hall–Kier alpha value is -1.14. The summed E-state index contributed by atoms with van der Waals surface area (Å²) in [6.07, 6.45) is 0. The fraction of sp³-hybridized carbons (Fsp3) is 0.333. The molecule has 0 fully saturated rings. The number of esters is 1. The molecule has 0 aromatic carbocycles. The minimum Gasteiger partial charge on any atom is -0.461 e. The molecule has 6 heteroatoms. The van der Waals surface area contributed by atoms with Crippen LogP contribution in [0.4, 0.5) is 5.00 Å². The van der Waals surface area contributed by atoms with Crippen molar-refractivity contribution in [3.05, 3.63) is 11.2 Å². The second-order valence-corrected chi connectivity index (χ2v) is 2.75. The molecule has 5 nitrogen and oxygen atoms in total. The smallest absolute Gasteiger partial charge is 0.360 e. The molecule has 1 rings (SSSR count). The highest BCUT2D eigenvalue weighted by molar-refractivity contribution is 7.14. The average Bonchev–Trinajstić information content (AvgIpc) is 2.51. The second-order valence-electron chi connectivity index (χ2n) is 1.89. The fourth-order valence-electron chi connectivity index (χ4n) is 0.693. The van der Waals surface area contributed by atoms with E-state index in [1.807, 2.05) is 0 Å². The standard InChI is InChI=1S/C6H9N3O2S/c1-2-11-6(10)4-5(9-7)12-3-8-4/h3,9H,2,7H2,1H3. The van der Waals surface area contributed by atoms with E-state index in [2.05, 4.69) is 10.4 Å². The molecule has 1 aromatic heterocycles. The van der Waals surface area contributed by atoms with E-state index < -0.39 is 5.97 Å². The monoisotopic (exact) mass is 187 g/mol. The summed E-state index contributed by atoms with van der Waals surface area (Å²) in [6, 6.07) is 0. The van der Waals surface area contributed by atoms with Crippen molar-refractivity contribution in [2.75, 3.05) is 12.0 Å². The van der Waals surface area contributed by atoms with Crippen molar-refractivity contribution in [3.8, 4) is 0 Å². The molecule has 0 aliphatic heterocycles. The van der Waals surface area contributed by atoms with Crippen molar-refractivity contribution in [3.63, 3.8) is 0 Å². The lowest BCUT2D eigenvalue weighted by Gasteiger charge is -1.99. The van der Waals surface area contributed by atoms with Gasteiger partial charge in [0.05, 0.1) is 12.1 Å². The third-order valence-electron chi connectivity index (χ3n) is 1.17. The van der Waals surface area contributed by atoms with E-state index in [9.17, 15) is 4.79 Å². The number of carbonyl (C=O) groups excluding carboxylic acids is 1. The number of nitrogens with two attached hydrogens (primary N) is 1. The van der Waals surface area contributed by atoms with Gasteiger partial charge in [-0.15, -0.1) is 11.3 Å². The molecule has 0 saturated heterocycles. The number of hydrogen-bond acceptors (Lipinski definition) is 6. The first-order valence-corrected chi connectivity index (χ1v) is 4.24. The van der Waals surface area contributed by atoms with Crippen molar-refractivity contribution in [2.24, 2.45) is 5.84 Å². The molecule has 1 aromatic rings. The van der Waals surface area contributed by atoms with E-state index in [1.165, 1.54) is 16.8 Å². The predicted molar refractivity (Wildman–Crippen MR) is 45.9 cm³/mol. The second kappa shape index (κ2) is 4.03. The first kappa shape index (κ1) is 8.95. The Bertz CT molecular complexity index is 274. The van der Waals surface area contributed by atoms with Crippen LogP contribution < -0.4 is 11.3 Å². The van der Waals surface area contributed by atoms with Gasteiger partial charge in [-0.1, -0.05) is 0 Å². The zero-order valence-corrected chi connectivity index (χ0v) is 7.35. The van der Waals surface area contributed by atoms with Crippen LogP contribution in [-0.2, 0) is 4.74 Å². The maximum Gasteiger partial charge on any atom is 0.360 e. The summed E-state index contributed by atoms with van der Waals surface area (Å²) in [6.45, 7) is 2.07. The number of thiazole rings is 1. The topological polar surface area (TPSA) is 77.2 Å². The largest absolute Gasteiger partial charge is 0.461 e. The number of ether oxygens (including phenoxy) is 1. The molecule has 0 saturated carbocycles. The van der Waals surface area contributed by atoms with E-state index in [0.717, 1.165) is 0 Å². The van der Waals surface area contributed by atoms with Crippen LogP contribution in [0.3, 0.4) is 0 Å². The molecule has 0 atom stereocenters. The highest BCUT2D eigenvalue weighted by Gasteiger charge is 2.14. The van der Waals surface area contributed by atoms with Crippen LogP contribution in [0.1, 0.15) is 17.4 Å². The van der Waals surface area contributed by atoms with Gasteiger partial charge in [-0.25, -0.2) is 15.6 Å². The molecule has 0 aliphatic rings. The van der Waals surface area contributed by atoms with E-state index in [1.54, 1.807) is 6.92 Å². The van der Waals surface area contributed by atoms with E-state index in [0.29, 0.717) is 11.6 Å². The molecule has 0 radical (unpaired) electrons. The number of rotatable bonds is 3. The van der Waals surface area contributed by atoms with Crippen molar-refractivity contribution in [1.29, 1.82) is 0 Å². The first-order chi connectivity index (χ1) is 5.79. The highest BCUT2D eigenvalue weighted by Crippen LogP contribution is 2.19. The Morgan fingerprint density at radius 2 is 2.67 bits per heavy atom. The Balaban J connectivity index is 2.79. The minimum absolute atomic E-state index is 0.240. The van der Waals surface area contributed by atoms with Gasteiger partial charge in [0.25, 0.3) is 0 Å². The number of nitrogens with zero attached hydrogens (tertiary/aromatic N) is 1. The summed E-state index contributed by atoms with van der Waals surface area (Å²) in [4.78, 5) is 14.9. The lowest BCUT2D eigenvalue weighted by molar-refractivity contribution is 0.0521. The van der Waals surface area contributed by atoms with Crippen LogP contribution in [-0.4, -0.2) is 17.6 Å². The summed E-state index contributed by atoms with van der Waals surface area (Å²) in [5, 5.41) is 0.522. The third-order valence-corrected chi connectivity index (χ3v) is 1.93. The van der Waals surface area contributed by atoms with E-state index in [4.69, 9.17) is 10.6 Å². The molecule has 0 aliphatic carbocycles. The predicted octanol–water partition coefficient (Wildman–Crippen LogP) is 0.605. The lowest BCUT2D eigenvalue weighted by Crippen LogP contribution is -2.12. The van der Waals surface area contributed by atoms with Gasteiger partial charge in [0.2, 0.25) is 0 Å². The first-order valence-electron chi connectivity index (χ1n) is 3.36. The zero-order chi connectivity index (χ0) is 8.97. The van der Waals surface area contributed by atoms with Gasteiger partial charge >= 0.3 is 5.97 Å². The SMILES string of the molecule is CCOC(=O)c1ncsc1NN. The van der Waals surface area contributed by atoms with E-state index in [-0.39, 0.29) is 5.69 Å². The zero-order valence-electron chi connectivity index (χ0n) is 6.53. The lowest BCUT2D eigenvalue weighted by atomic mass is 10.5. The van der Waals surface area contributed by atoms with E-state index >= 15 is 0 Å². The summed E-state index contributed by atoms with van der Waals surface area (Å²) < 4.78 is 4.74. The number of hydrazine groups is 1. The van der Waals surface area contributed by atoms with Gasteiger partial charge in [0.1, 0.15) is 5.00 Å². The van der Waals surface area contributed by atoms with Crippen molar-refractivity contribution < 1.29 is 9.53 Å². The van der Waals surface area contributed by atoms with Gasteiger partial charge in [0.15, 0.2) is 5.69 Å². The normalized spacial score (nSPS) is 9.50. The number of nitrogens with one attached hydrogen (secondary N) is 1. The number of aromatic nitrogens is 1. The molecular formula is C6H9N3O2S. The third kappa shape index (κ3) is 1.72. The van der Waals surface area contributed by atoms with Crippen molar-refractivity contribution in [1.82, 2.24) is 4.98 Å². The summed E-state index contributed by atoms with van der Waals surface area (Å²) in [5.74, 6) is 4.69. The fourth-order valence-corrected chi connectivity index (χ4v) is 1.27. The maximum absolute atomic E-state index is 11.1. The Morgan fingerprint density at radius 1 is 1.92 bits per heavy atom. The van der Waals surface area contributed by atoms with Gasteiger partial charge in [-0.2, -0.15) is 0 Å². The Labute approximate surface area is 73.5 Å². The summed E-state index contributed by atoms with van der Waals surface area (Å²) in [7, 11) is 0. The number of anilines is 1. The Morgan fingerprint density at radius 3 is 3.25 bits per heavy atom. The van der Waals surface area contributed by atoms with Crippen LogP contribution in [0.25, 0.3) is 0 Å². The van der Waals surface area contributed by atoms with Crippen LogP contribution in [0.2, 0.25) is 0 Å². The van der Waals surface area contributed by atoms with Crippen LogP contribution in [0, 0.1) is 0 Å². The van der Waals surface area contributed by atoms with Gasteiger partial charge in [0, 0.05) is 0 Å². The van der Waals surface area contributed by atoms with Gasteiger partial charge in [-0.3, -0.25) is 0 Å². The molecule has 0 amide bonds. The van der Waals surface area contributed by atoms with Gasteiger partial charge < -0.3 is 10.2 Å². The molecule has 3 N–H and O–H groups in total.